The van der Waals surface area contributed by atoms with E-state index >= 15 is 0 Å². The van der Waals surface area contributed by atoms with Crippen molar-refractivity contribution in [2.24, 2.45) is 35.0 Å². The van der Waals surface area contributed by atoms with Gasteiger partial charge >= 0.3 is 0 Å². The summed E-state index contributed by atoms with van der Waals surface area (Å²) in [5, 5.41) is 20.5. The zero-order chi connectivity index (χ0) is 21.5. The molecule has 0 aliphatic heterocycles. The molecule has 0 amide bonds. The van der Waals surface area contributed by atoms with E-state index in [4.69, 9.17) is 0 Å². The van der Waals surface area contributed by atoms with Crippen LogP contribution in [0.4, 0.5) is 0 Å². The zero-order valence-corrected chi connectivity index (χ0v) is 19.3. The van der Waals surface area contributed by atoms with Gasteiger partial charge in [0.15, 0.2) is 0 Å². The van der Waals surface area contributed by atoms with E-state index in [-0.39, 0.29) is 12.2 Å². The van der Waals surface area contributed by atoms with Crippen LogP contribution in [-0.2, 0) is 0 Å². The molecular weight excluding hydrogens is 368 g/mol. The highest BCUT2D eigenvalue weighted by molar-refractivity contribution is 5.38. The Morgan fingerprint density at radius 2 is 1.90 bits per heavy atom. The first kappa shape index (κ1) is 22.1. The van der Waals surface area contributed by atoms with E-state index in [1.54, 1.807) is 5.57 Å². The van der Waals surface area contributed by atoms with Crippen molar-refractivity contribution in [1.82, 2.24) is 0 Å². The third-order valence-corrected chi connectivity index (χ3v) is 8.90. The minimum absolute atomic E-state index is 0.229. The Morgan fingerprint density at radius 3 is 2.63 bits per heavy atom. The van der Waals surface area contributed by atoms with Crippen LogP contribution in [-0.4, -0.2) is 22.4 Å². The monoisotopic (exact) mass is 410 g/mol. The van der Waals surface area contributed by atoms with Gasteiger partial charge < -0.3 is 10.2 Å². The Labute approximate surface area is 183 Å². The van der Waals surface area contributed by atoms with E-state index in [0.29, 0.717) is 35.0 Å². The van der Waals surface area contributed by atoms with Gasteiger partial charge in [0.1, 0.15) is 0 Å². The standard InChI is InChI=1S/C28H42O2/c1-18-16-23(20(3)27(30)17-18)11-8-21-6-5-15-28(4)24(12-13-25(21)28)19(2)7-14-26(29)22-9-10-22/h7-8,11,14,18-19,22,24-27,29-30H,3,5-6,9-10,12-13,15-17H2,1-2,4H3. The van der Waals surface area contributed by atoms with Gasteiger partial charge in [-0.1, -0.05) is 57.2 Å². The molecule has 166 valence electrons. The molecule has 4 aliphatic carbocycles. The fourth-order valence-corrected chi connectivity index (χ4v) is 6.87. The molecule has 2 N–H and O–H groups in total. The van der Waals surface area contributed by atoms with Gasteiger partial charge in [-0.15, -0.1) is 0 Å². The minimum Gasteiger partial charge on any atom is -0.389 e. The van der Waals surface area contributed by atoms with Crippen molar-refractivity contribution in [3.63, 3.8) is 0 Å². The molecule has 2 nitrogen and oxygen atoms in total. The average molecular weight is 411 g/mol. The van der Waals surface area contributed by atoms with Crippen molar-refractivity contribution in [3.8, 4) is 0 Å². The van der Waals surface area contributed by atoms with E-state index in [1.165, 1.54) is 50.5 Å². The fraction of sp³-hybridized carbons (Fsp3) is 0.714. The molecule has 7 atom stereocenters. The highest BCUT2D eigenvalue weighted by Crippen LogP contribution is 2.59. The molecular formula is C28H42O2. The third-order valence-electron chi connectivity index (χ3n) is 8.90. The Bertz CT molecular complexity index is 740. The second kappa shape index (κ2) is 8.79. The quantitative estimate of drug-likeness (QED) is 0.517. The number of hydrogen-bond donors (Lipinski definition) is 2. The van der Waals surface area contributed by atoms with Crippen LogP contribution in [0.3, 0.4) is 0 Å². The van der Waals surface area contributed by atoms with Gasteiger partial charge in [-0.25, -0.2) is 0 Å². The van der Waals surface area contributed by atoms with Gasteiger partial charge in [-0.3, -0.25) is 0 Å². The van der Waals surface area contributed by atoms with Gasteiger partial charge in [-0.2, -0.15) is 0 Å². The molecule has 4 fully saturated rings. The van der Waals surface area contributed by atoms with Crippen LogP contribution >= 0.6 is 0 Å². The summed E-state index contributed by atoms with van der Waals surface area (Å²) in [5.74, 6) is 2.96. The predicted octanol–water partition coefficient (Wildman–Crippen LogP) is 6.37. The van der Waals surface area contributed by atoms with Crippen LogP contribution < -0.4 is 0 Å². The van der Waals surface area contributed by atoms with Crippen LogP contribution in [0.5, 0.6) is 0 Å². The van der Waals surface area contributed by atoms with Crippen LogP contribution in [0.2, 0.25) is 0 Å². The lowest BCUT2D eigenvalue weighted by atomic mass is 9.61. The van der Waals surface area contributed by atoms with Crippen LogP contribution in [0.15, 0.2) is 47.6 Å². The summed E-state index contributed by atoms with van der Waals surface area (Å²) < 4.78 is 0. The number of aliphatic hydroxyl groups excluding tert-OH is 2. The van der Waals surface area contributed by atoms with Crippen molar-refractivity contribution in [3.05, 3.63) is 47.6 Å². The molecule has 4 aliphatic rings. The van der Waals surface area contributed by atoms with Crippen LogP contribution in [0, 0.1) is 35.0 Å². The lowest BCUT2D eigenvalue weighted by Gasteiger charge is -2.44. The Hall–Kier alpha value is -1.12. The van der Waals surface area contributed by atoms with Gasteiger partial charge in [0, 0.05) is 0 Å². The Morgan fingerprint density at radius 1 is 1.13 bits per heavy atom. The van der Waals surface area contributed by atoms with E-state index in [0.717, 1.165) is 18.4 Å². The first-order valence-electron chi connectivity index (χ1n) is 12.4. The molecule has 0 heterocycles. The summed E-state index contributed by atoms with van der Waals surface area (Å²) >= 11 is 0. The summed E-state index contributed by atoms with van der Waals surface area (Å²) in [6, 6.07) is 0. The highest BCUT2D eigenvalue weighted by Gasteiger charge is 2.50. The molecule has 30 heavy (non-hydrogen) atoms. The smallest absolute Gasteiger partial charge is 0.0789 e. The molecule has 0 aromatic heterocycles. The average Bonchev–Trinajstić information content (AvgIpc) is 3.49. The lowest BCUT2D eigenvalue weighted by molar-refractivity contribution is 0.111. The highest BCUT2D eigenvalue weighted by atomic mass is 16.3. The number of aliphatic hydroxyl groups is 2. The van der Waals surface area contributed by atoms with Crippen molar-refractivity contribution >= 4 is 0 Å². The summed E-state index contributed by atoms with van der Waals surface area (Å²) in [6.07, 6.45) is 19.1. The maximum absolute atomic E-state index is 10.3. The molecule has 7 unspecified atom stereocenters. The predicted molar refractivity (Wildman–Crippen MR) is 125 cm³/mol. The Kier molecular flexibility index (Phi) is 6.47. The zero-order valence-electron chi connectivity index (χ0n) is 19.3. The molecule has 2 heteroatoms. The first-order valence-corrected chi connectivity index (χ1v) is 12.4. The lowest BCUT2D eigenvalue weighted by Crippen LogP contribution is -2.35. The SMILES string of the molecule is C=C1C(=CC=C2CCCC3(C)C2CCC3C(C)C=CC(O)C2CC2)CC(C)CC1O. The van der Waals surface area contributed by atoms with Crippen molar-refractivity contribution in [1.29, 1.82) is 0 Å². The second-order valence-electron chi connectivity index (χ2n) is 11.2. The third kappa shape index (κ3) is 4.41. The van der Waals surface area contributed by atoms with Gasteiger partial charge in [0.05, 0.1) is 12.2 Å². The van der Waals surface area contributed by atoms with E-state index in [2.05, 4.69) is 51.7 Å². The van der Waals surface area contributed by atoms with E-state index < -0.39 is 0 Å². The number of rotatable bonds is 5. The van der Waals surface area contributed by atoms with Crippen molar-refractivity contribution < 1.29 is 10.2 Å². The molecule has 4 saturated carbocycles. The molecule has 4 rings (SSSR count). The maximum atomic E-state index is 10.3. The molecule has 0 spiro atoms. The van der Waals surface area contributed by atoms with Crippen LogP contribution in [0.25, 0.3) is 0 Å². The minimum atomic E-state index is -0.371. The number of fused-ring (bicyclic) bond motifs is 1. The van der Waals surface area contributed by atoms with Crippen molar-refractivity contribution in [2.75, 3.05) is 0 Å². The van der Waals surface area contributed by atoms with Gasteiger partial charge in [0.25, 0.3) is 0 Å². The molecule has 0 bridgehead atoms. The summed E-state index contributed by atoms with van der Waals surface area (Å²) in [5.41, 5.74) is 4.17. The first-order chi connectivity index (χ1) is 14.3. The van der Waals surface area contributed by atoms with E-state index in [9.17, 15) is 10.2 Å². The Balaban J connectivity index is 1.48. The van der Waals surface area contributed by atoms with Gasteiger partial charge in [-0.05, 0) is 104 Å². The number of allylic oxidation sites excluding steroid dienone is 4. The summed E-state index contributed by atoms with van der Waals surface area (Å²) in [6.45, 7) is 11.3. The molecule has 0 radical (unpaired) electrons. The van der Waals surface area contributed by atoms with Gasteiger partial charge in [0.2, 0.25) is 0 Å². The molecule has 0 aromatic carbocycles. The van der Waals surface area contributed by atoms with E-state index in [1.807, 2.05) is 0 Å². The fourth-order valence-electron chi connectivity index (χ4n) is 6.87. The summed E-state index contributed by atoms with van der Waals surface area (Å²) in [4.78, 5) is 0. The largest absolute Gasteiger partial charge is 0.389 e. The van der Waals surface area contributed by atoms with Crippen molar-refractivity contribution in [2.45, 2.75) is 90.8 Å². The topological polar surface area (TPSA) is 40.5 Å². The maximum Gasteiger partial charge on any atom is 0.0789 e. The molecule has 0 saturated heterocycles. The van der Waals surface area contributed by atoms with Crippen LogP contribution in [0.1, 0.15) is 78.6 Å². The number of hydrogen-bond acceptors (Lipinski definition) is 2. The normalized spacial score (nSPS) is 42.1. The second-order valence-corrected chi connectivity index (χ2v) is 11.2. The summed E-state index contributed by atoms with van der Waals surface area (Å²) in [7, 11) is 0. The molecule has 0 aromatic rings.